The van der Waals surface area contributed by atoms with Gasteiger partial charge in [-0.2, -0.15) is 0 Å². The van der Waals surface area contributed by atoms with Crippen LogP contribution in [0.25, 0.3) is 0 Å². The number of fused-ring (bicyclic) bond motifs is 1. The van der Waals surface area contributed by atoms with E-state index in [1.807, 2.05) is 27.7 Å². The van der Waals surface area contributed by atoms with Crippen LogP contribution in [-0.2, 0) is 14.3 Å². The number of rotatable bonds is 2. The highest BCUT2D eigenvalue weighted by Crippen LogP contribution is 2.41. The lowest BCUT2D eigenvalue weighted by molar-refractivity contribution is -0.157. The fraction of sp³-hybridized carbons (Fsp3) is 0.875. The first-order valence-electron chi connectivity index (χ1n) is 8.14. The van der Waals surface area contributed by atoms with Crippen LogP contribution in [0.15, 0.2) is 0 Å². The van der Waals surface area contributed by atoms with Gasteiger partial charge in [0.1, 0.15) is 5.60 Å². The Labute approximate surface area is 132 Å². The van der Waals surface area contributed by atoms with Crippen LogP contribution in [0.1, 0.15) is 40.5 Å². The first-order valence-corrected chi connectivity index (χ1v) is 8.14. The van der Waals surface area contributed by atoms with E-state index in [0.717, 1.165) is 13.0 Å². The Kier molecular flexibility index (Phi) is 5.00. The Morgan fingerprint density at radius 1 is 1.32 bits per heavy atom. The predicted molar refractivity (Wildman–Crippen MR) is 82.5 cm³/mol. The van der Waals surface area contributed by atoms with Crippen LogP contribution in [0.3, 0.4) is 0 Å². The van der Waals surface area contributed by atoms with E-state index in [0.29, 0.717) is 32.7 Å². The summed E-state index contributed by atoms with van der Waals surface area (Å²) in [6, 6.07) is 0. The SMILES string of the molecule is CCOC(=O)[C@@]12CCN(C(=O)OC(C)(C)C)CC[C@@H]1CNC2. The monoisotopic (exact) mass is 312 g/mol. The number of hydrogen-bond acceptors (Lipinski definition) is 5. The van der Waals surface area contributed by atoms with E-state index in [2.05, 4.69) is 5.32 Å². The highest BCUT2D eigenvalue weighted by Gasteiger charge is 2.51. The maximum Gasteiger partial charge on any atom is 0.410 e. The molecule has 0 radical (unpaired) electrons. The van der Waals surface area contributed by atoms with Crippen molar-refractivity contribution >= 4 is 12.1 Å². The second kappa shape index (κ2) is 6.44. The number of carbonyl (C=O) groups is 2. The third-order valence-corrected chi connectivity index (χ3v) is 4.52. The molecule has 22 heavy (non-hydrogen) atoms. The molecule has 0 spiro atoms. The van der Waals surface area contributed by atoms with Gasteiger partial charge in [0, 0.05) is 19.6 Å². The lowest BCUT2D eigenvalue weighted by Crippen LogP contribution is -2.41. The molecule has 1 amide bonds. The van der Waals surface area contributed by atoms with Gasteiger partial charge >= 0.3 is 12.1 Å². The molecule has 126 valence electrons. The average Bonchev–Trinajstić information content (AvgIpc) is 2.72. The second-order valence-electron chi connectivity index (χ2n) is 7.21. The number of amides is 1. The first-order chi connectivity index (χ1) is 10.3. The van der Waals surface area contributed by atoms with E-state index in [4.69, 9.17) is 9.47 Å². The first kappa shape index (κ1) is 17.1. The summed E-state index contributed by atoms with van der Waals surface area (Å²) in [4.78, 5) is 26.4. The van der Waals surface area contributed by atoms with Crippen LogP contribution in [0.2, 0.25) is 0 Å². The molecule has 2 atom stereocenters. The van der Waals surface area contributed by atoms with Gasteiger partial charge < -0.3 is 19.7 Å². The minimum atomic E-state index is -0.500. The Balaban J connectivity index is 2.07. The molecule has 0 unspecified atom stereocenters. The molecule has 0 aromatic heterocycles. The maximum atomic E-state index is 12.5. The number of hydrogen-bond donors (Lipinski definition) is 1. The van der Waals surface area contributed by atoms with E-state index >= 15 is 0 Å². The predicted octanol–water partition coefficient (Wildman–Crippen LogP) is 1.79. The molecule has 2 fully saturated rings. The molecular weight excluding hydrogens is 284 g/mol. The highest BCUT2D eigenvalue weighted by molar-refractivity contribution is 5.78. The third kappa shape index (κ3) is 3.54. The summed E-state index contributed by atoms with van der Waals surface area (Å²) >= 11 is 0. The lowest BCUT2D eigenvalue weighted by Gasteiger charge is -2.30. The topological polar surface area (TPSA) is 67.9 Å². The van der Waals surface area contributed by atoms with Crippen LogP contribution in [0.5, 0.6) is 0 Å². The zero-order chi connectivity index (χ0) is 16.4. The van der Waals surface area contributed by atoms with Crippen molar-refractivity contribution in [2.45, 2.75) is 46.1 Å². The van der Waals surface area contributed by atoms with Crippen LogP contribution < -0.4 is 5.32 Å². The molecule has 2 aliphatic rings. The summed E-state index contributed by atoms with van der Waals surface area (Å²) in [5.41, 5.74) is -0.994. The summed E-state index contributed by atoms with van der Waals surface area (Å²) in [6.07, 6.45) is 1.13. The fourth-order valence-electron chi connectivity index (χ4n) is 3.36. The Morgan fingerprint density at radius 2 is 2.05 bits per heavy atom. The molecule has 2 saturated heterocycles. The number of nitrogens with zero attached hydrogens (tertiary/aromatic N) is 1. The van der Waals surface area contributed by atoms with E-state index < -0.39 is 11.0 Å². The summed E-state index contributed by atoms with van der Waals surface area (Å²) in [7, 11) is 0. The van der Waals surface area contributed by atoms with Gasteiger partial charge in [0.15, 0.2) is 0 Å². The van der Waals surface area contributed by atoms with E-state index in [-0.39, 0.29) is 18.0 Å². The van der Waals surface area contributed by atoms with Crippen molar-refractivity contribution in [3.8, 4) is 0 Å². The van der Waals surface area contributed by atoms with Crippen LogP contribution in [-0.4, -0.2) is 55.3 Å². The van der Waals surface area contributed by atoms with Gasteiger partial charge in [0.2, 0.25) is 0 Å². The zero-order valence-electron chi connectivity index (χ0n) is 14.1. The van der Waals surface area contributed by atoms with Crippen molar-refractivity contribution in [3.05, 3.63) is 0 Å². The molecule has 1 N–H and O–H groups in total. The lowest BCUT2D eigenvalue weighted by atomic mass is 9.74. The molecule has 0 aliphatic carbocycles. The van der Waals surface area contributed by atoms with Crippen molar-refractivity contribution in [1.29, 1.82) is 0 Å². The van der Waals surface area contributed by atoms with Gasteiger partial charge in [-0.25, -0.2) is 4.79 Å². The highest BCUT2D eigenvalue weighted by atomic mass is 16.6. The molecule has 2 aliphatic heterocycles. The van der Waals surface area contributed by atoms with Gasteiger partial charge in [-0.3, -0.25) is 4.79 Å². The molecule has 2 heterocycles. The summed E-state index contributed by atoms with van der Waals surface area (Å²) in [5, 5.41) is 3.32. The molecule has 2 rings (SSSR count). The van der Waals surface area contributed by atoms with Crippen LogP contribution in [0.4, 0.5) is 4.79 Å². The molecule has 6 heteroatoms. The summed E-state index contributed by atoms with van der Waals surface area (Å²) in [6.45, 7) is 10.4. The smallest absolute Gasteiger partial charge is 0.410 e. The largest absolute Gasteiger partial charge is 0.466 e. The average molecular weight is 312 g/mol. The second-order valence-corrected chi connectivity index (χ2v) is 7.21. The van der Waals surface area contributed by atoms with Crippen LogP contribution >= 0.6 is 0 Å². The molecule has 0 saturated carbocycles. The van der Waals surface area contributed by atoms with Crippen molar-refractivity contribution in [2.75, 3.05) is 32.8 Å². The van der Waals surface area contributed by atoms with E-state index in [9.17, 15) is 9.59 Å². The minimum absolute atomic E-state index is 0.129. The minimum Gasteiger partial charge on any atom is -0.466 e. The van der Waals surface area contributed by atoms with Gasteiger partial charge in [0.05, 0.1) is 12.0 Å². The Hall–Kier alpha value is -1.30. The van der Waals surface area contributed by atoms with E-state index in [1.165, 1.54) is 0 Å². The number of carbonyl (C=O) groups excluding carboxylic acids is 2. The van der Waals surface area contributed by atoms with Crippen molar-refractivity contribution in [1.82, 2.24) is 10.2 Å². The normalized spacial score (nSPS) is 28.7. The number of nitrogens with one attached hydrogen (secondary N) is 1. The molecule has 6 nitrogen and oxygen atoms in total. The third-order valence-electron chi connectivity index (χ3n) is 4.52. The van der Waals surface area contributed by atoms with Crippen molar-refractivity contribution < 1.29 is 19.1 Å². The van der Waals surface area contributed by atoms with Gasteiger partial charge in [-0.05, 0) is 53.0 Å². The Bertz CT molecular complexity index is 432. The summed E-state index contributed by atoms with van der Waals surface area (Å²) in [5.74, 6) is 0.0926. The zero-order valence-corrected chi connectivity index (χ0v) is 14.1. The maximum absolute atomic E-state index is 12.5. The quantitative estimate of drug-likeness (QED) is 0.787. The molecule has 0 aromatic carbocycles. The summed E-state index contributed by atoms with van der Waals surface area (Å²) < 4.78 is 10.8. The Morgan fingerprint density at radius 3 is 2.68 bits per heavy atom. The van der Waals surface area contributed by atoms with Gasteiger partial charge in [-0.1, -0.05) is 0 Å². The molecule has 0 bridgehead atoms. The van der Waals surface area contributed by atoms with Crippen molar-refractivity contribution in [2.24, 2.45) is 11.3 Å². The van der Waals surface area contributed by atoms with E-state index in [1.54, 1.807) is 4.90 Å². The fourth-order valence-corrected chi connectivity index (χ4v) is 3.36. The van der Waals surface area contributed by atoms with Crippen LogP contribution in [0, 0.1) is 11.3 Å². The number of ether oxygens (including phenoxy) is 2. The number of likely N-dealkylation sites (tertiary alicyclic amines) is 1. The van der Waals surface area contributed by atoms with Gasteiger partial charge in [0.25, 0.3) is 0 Å². The van der Waals surface area contributed by atoms with Gasteiger partial charge in [-0.15, -0.1) is 0 Å². The molecular formula is C16H28N2O4. The standard InChI is InChI=1S/C16H28N2O4/c1-5-21-13(19)16-7-9-18(14(20)22-15(2,3)4)8-6-12(16)10-17-11-16/h12,17H,5-11H2,1-4H3/t12-,16-/m1/s1. The molecule has 0 aromatic rings. The number of esters is 1. The van der Waals surface area contributed by atoms with Crippen molar-refractivity contribution in [3.63, 3.8) is 0 Å².